The van der Waals surface area contributed by atoms with Crippen molar-refractivity contribution in [3.8, 4) is 5.75 Å². The SMILES string of the molecule is O=c1oc2ccc(Cl)cc2c(O)c1C=NC(=S)Nc1ccc(Cl)cc1. The second kappa shape index (κ2) is 7.23. The molecule has 0 amide bonds. The van der Waals surface area contributed by atoms with Gasteiger partial charge in [-0.3, -0.25) is 0 Å². The molecule has 0 aliphatic rings. The molecule has 0 fully saturated rings. The van der Waals surface area contributed by atoms with Gasteiger partial charge >= 0.3 is 5.63 Å². The van der Waals surface area contributed by atoms with Crippen molar-refractivity contribution in [2.24, 2.45) is 4.99 Å². The van der Waals surface area contributed by atoms with Gasteiger partial charge in [0.15, 0.2) is 5.11 Å². The Hall–Kier alpha value is -2.41. The zero-order chi connectivity index (χ0) is 18.0. The highest BCUT2D eigenvalue weighted by atomic mass is 35.5. The van der Waals surface area contributed by atoms with Gasteiger partial charge in [0.1, 0.15) is 16.9 Å². The topological polar surface area (TPSA) is 74.8 Å². The van der Waals surface area contributed by atoms with E-state index in [1.54, 1.807) is 30.3 Å². The zero-order valence-corrected chi connectivity index (χ0v) is 14.8. The fraction of sp³-hybridized carbons (Fsp3) is 0. The molecule has 25 heavy (non-hydrogen) atoms. The van der Waals surface area contributed by atoms with E-state index < -0.39 is 5.63 Å². The van der Waals surface area contributed by atoms with Crippen LogP contribution in [-0.2, 0) is 0 Å². The van der Waals surface area contributed by atoms with Crippen LogP contribution in [0.25, 0.3) is 11.0 Å². The van der Waals surface area contributed by atoms with Crippen LogP contribution in [0.5, 0.6) is 5.75 Å². The van der Waals surface area contributed by atoms with Crippen molar-refractivity contribution in [2.45, 2.75) is 0 Å². The van der Waals surface area contributed by atoms with Crippen molar-refractivity contribution in [1.29, 1.82) is 0 Å². The van der Waals surface area contributed by atoms with Crippen LogP contribution in [0.15, 0.2) is 56.7 Å². The Morgan fingerprint density at radius 2 is 1.84 bits per heavy atom. The van der Waals surface area contributed by atoms with Gasteiger partial charge in [-0.05, 0) is 54.7 Å². The summed E-state index contributed by atoms with van der Waals surface area (Å²) in [5, 5.41) is 14.6. The molecule has 1 heterocycles. The van der Waals surface area contributed by atoms with Crippen molar-refractivity contribution in [2.75, 3.05) is 5.32 Å². The molecular formula is C17H10Cl2N2O3S. The molecule has 2 N–H and O–H groups in total. The molecule has 0 aliphatic heterocycles. The fourth-order valence-electron chi connectivity index (χ4n) is 2.10. The number of nitrogens with one attached hydrogen (secondary N) is 1. The summed E-state index contributed by atoms with van der Waals surface area (Å²) in [6, 6.07) is 11.4. The van der Waals surface area contributed by atoms with Crippen LogP contribution in [0, 0.1) is 0 Å². The summed E-state index contributed by atoms with van der Waals surface area (Å²) in [5.41, 5.74) is 0.0689. The highest BCUT2D eigenvalue weighted by Crippen LogP contribution is 2.28. The molecule has 2 aromatic carbocycles. The Bertz CT molecular complexity index is 1050. The standard InChI is InChI=1S/C17H10Cl2N2O3S/c18-9-1-4-11(5-2-9)21-17(25)20-8-13-15(22)12-7-10(19)3-6-14(12)24-16(13)23/h1-8,22H,(H,21,25). The summed E-state index contributed by atoms with van der Waals surface area (Å²) >= 11 is 16.8. The van der Waals surface area contributed by atoms with Crippen molar-refractivity contribution in [3.63, 3.8) is 0 Å². The number of aromatic hydroxyl groups is 1. The maximum absolute atomic E-state index is 12.0. The van der Waals surface area contributed by atoms with E-state index in [1.165, 1.54) is 12.1 Å². The molecule has 5 nitrogen and oxygen atoms in total. The highest BCUT2D eigenvalue weighted by molar-refractivity contribution is 7.80. The first-order valence-corrected chi connectivity index (χ1v) is 8.16. The van der Waals surface area contributed by atoms with Gasteiger partial charge in [0.05, 0.1) is 5.39 Å². The highest BCUT2D eigenvalue weighted by Gasteiger charge is 2.12. The quantitative estimate of drug-likeness (QED) is 0.378. The summed E-state index contributed by atoms with van der Waals surface area (Å²) in [7, 11) is 0. The van der Waals surface area contributed by atoms with Crippen molar-refractivity contribution in [1.82, 2.24) is 0 Å². The Labute approximate surface area is 157 Å². The number of aliphatic imine (C=N–C) groups is 1. The smallest absolute Gasteiger partial charge is 0.348 e. The normalized spacial score (nSPS) is 11.1. The number of fused-ring (bicyclic) bond motifs is 1. The third kappa shape index (κ3) is 3.99. The zero-order valence-electron chi connectivity index (χ0n) is 12.5. The predicted molar refractivity (Wildman–Crippen MR) is 104 cm³/mol. The molecule has 0 atom stereocenters. The predicted octanol–water partition coefficient (Wildman–Crippen LogP) is 4.62. The monoisotopic (exact) mass is 392 g/mol. The number of hydrogen-bond acceptors (Lipinski definition) is 4. The first-order valence-electron chi connectivity index (χ1n) is 7.00. The average molecular weight is 393 g/mol. The first kappa shape index (κ1) is 17.4. The lowest BCUT2D eigenvalue weighted by atomic mass is 10.1. The Kier molecular flexibility index (Phi) is 5.03. The van der Waals surface area contributed by atoms with Crippen molar-refractivity contribution in [3.05, 3.63) is 68.5 Å². The lowest BCUT2D eigenvalue weighted by Gasteiger charge is -2.05. The maximum Gasteiger partial charge on any atom is 0.348 e. The van der Waals surface area contributed by atoms with Crippen LogP contribution in [0.2, 0.25) is 10.0 Å². The summed E-state index contributed by atoms with van der Waals surface area (Å²) in [5.74, 6) is -0.271. The van der Waals surface area contributed by atoms with Gasteiger partial charge in [0, 0.05) is 21.9 Å². The third-order valence-electron chi connectivity index (χ3n) is 3.28. The lowest BCUT2D eigenvalue weighted by molar-refractivity contribution is 0.466. The van der Waals surface area contributed by atoms with E-state index in [2.05, 4.69) is 10.3 Å². The molecule has 3 aromatic rings. The fourth-order valence-corrected chi connectivity index (χ4v) is 2.57. The molecule has 0 bridgehead atoms. The molecule has 0 spiro atoms. The molecule has 1 aromatic heterocycles. The number of halogens is 2. The van der Waals surface area contributed by atoms with Gasteiger partial charge in [0.2, 0.25) is 0 Å². The van der Waals surface area contributed by atoms with Gasteiger partial charge in [-0.1, -0.05) is 23.2 Å². The number of nitrogens with zero attached hydrogens (tertiary/aromatic N) is 1. The molecule has 0 unspecified atom stereocenters. The molecule has 0 saturated heterocycles. The summed E-state index contributed by atoms with van der Waals surface area (Å²) < 4.78 is 5.15. The molecule has 0 radical (unpaired) electrons. The molecule has 8 heteroatoms. The molecule has 0 saturated carbocycles. The first-order chi connectivity index (χ1) is 11.9. The molecule has 3 rings (SSSR count). The summed E-state index contributed by atoms with van der Waals surface area (Å²) in [4.78, 5) is 16.0. The van der Waals surface area contributed by atoms with E-state index in [-0.39, 0.29) is 22.0 Å². The molecule has 126 valence electrons. The van der Waals surface area contributed by atoms with E-state index in [0.29, 0.717) is 21.1 Å². The largest absolute Gasteiger partial charge is 0.506 e. The van der Waals surface area contributed by atoms with Crippen LogP contribution in [-0.4, -0.2) is 16.4 Å². The Balaban J connectivity index is 1.89. The Morgan fingerprint density at radius 3 is 2.56 bits per heavy atom. The number of hydrogen-bond donors (Lipinski definition) is 2. The van der Waals surface area contributed by atoms with Crippen LogP contribution in [0.1, 0.15) is 5.56 Å². The minimum Gasteiger partial charge on any atom is -0.506 e. The summed E-state index contributed by atoms with van der Waals surface area (Å²) in [6.07, 6.45) is 1.15. The number of rotatable bonds is 2. The van der Waals surface area contributed by atoms with E-state index in [1.807, 2.05) is 0 Å². The second-order valence-corrected chi connectivity index (χ2v) is 6.25. The number of anilines is 1. The van der Waals surface area contributed by atoms with E-state index in [0.717, 1.165) is 6.21 Å². The van der Waals surface area contributed by atoms with Crippen LogP contribution in [0.3, 0.4) is 0 Å². The molecular weight excluding hydrogens is 383 g/mol. The second-order valence-electron chi connectivity index (χ2n) is 4.99. The van der Waals surface area contributed by atoms with Crippen LogP contribution < -0.4 is 10.9 Å². The minimum absolute atomic E-state index is 0.104. The van der Waals surface area contributed by atoms with Crippen molar-refractivity contribution >= 4 is 63.4 Å². The van der Waals surface area contributed by atoms with Gasteiger partial charge in [-0.2, -0.15) is 0 Å². The van der Waals surface area contributed by atoms with E-state index in [9.17, 15) is 9.90 Å². The van der Waals surface area contributed by atoms with Gasteiger partial charge in [-0.15, -0.1) is 0 Å². The van der Waals surface area contributed by atoms with Crippen LogP contribution in [0.4, 0.5) is 5.69 Å². The maximum atomic E-state index is 12.0. The van der Waals surface area contributed by atoms with Crippen molar-refractivity contribution < 1.29 is 9.52 Å². The van der Waals surface area contributed by atoms with E-state index in [4.69, 9.17) is 39.8 Å². The van der Waals surface area contributed by atoms with Crippen LogP contribution >= 0.6 is 35.4 Å². The van der Waals surface area contributed by atoms with E-state index >= 15 is 0 Å². The van der Waals surface area contributed by atoms with Gasteiger partial charge in [-0.25, -0.2) is 9.79 Å². The molecule has 0 aliphatic carbocycles. The van der Waals surface area contributed by atoms with Gasteiger partial charge < -0.3 is 14.8 Å². The number of thiocarbonyl (C=S) groups is 1. The number of benzene rings is 2. The lowest BCUT2D eigenvalue weighted by Crippen LogP contribution is -2.10. The Morgan fingerprint density at radius 1 is 1.16 bits per heavy atom. The third-order valence-corrected chi connectivity index (χ3v) is 3.98. The van der Waals surface area contributed by atoms with Gasteiger partial charge in [0.25, 0.3) is 0 Å². The summed E-state index contributed by atoms with van der Waals surface area (Å²) in [6.45, 7) is 0. The average Bonchev–Trinajstić information content (AvgIpc) is 2.57. The minimum atomic E-state index is -0.731.